The minimum Gasteiger partial charge on any atom is -0.465 e. The van der Waals surface area contributed by atoms with Crippen molar-refractivity contribution in [1.82, 2.24) is 10.2 Å². The summed E-state index contributed by atoms with van der Waals surface area (Å²) in [7, 11) is 0. The van der Waals surface area contributed by atoms with E-state index in [2.05, 4.69) is 11.9 Å². The molecule has 1 fully saturated rings. The monoisotopic (exact) mass is 566 g/mol. The largest absolute Gasteiger partial charge is 0.465 e. The van der Waals surface area contributed by atoms with Gasteiger partial charge in [0, 0.05) is 13.0 Å². The van der Waals surface area contributed by atoms with Crippen molar-refractivity contribution in [3.63, 3.8) is 0 Å². The Balaban J connectivity index is 3.30. The molecule has 0 aromatic rings. The first-order chi connectivity index (χ1) is 18.4. The topological polar surface area (TPSA) is 128 Å². The zero-order chi connectivity index (χ0) is 30.8. The highest BCUT2D eigenvalue weighted by Crippen LogP contribution is 2.34. The molecule has 228 valence electrons. The molecule has 1 unspecified atom stereocenters. The van der Waals surface area contributed by atoms with Crippen LogP contribution in [0.25, 0.3) is 0 Å². The highest BCUT2D eigenvalue weighted by Gasteiger charge is 2.46. The van der Waals surface area contributed by atoms with Gasteiger partial charge < -0.3 is 24.4 Å². The van der Waals surface area contributed by atoms with Gasteiger partial charge in [-0.3, -0.25) is 19.2 Å². The Morgan fingerprint density at radius 3 is 2.17 bits per heavy atom. The van der Waals surface area contributed by atoms with Crippen LogP contribution in [0, 0.1) is 17.3 Å². The number of carbonyl (C=O) groups is 5. The van der Waals surface area contributed by atoms with Crippen molar-refractivity contribution in [2.45, 2.75) is 112 Å². The summed E-state index contributed by atoms with van der Waals surface area (Å²) < 4.78 is 16.3. The minimum absolute atomic E-state index is 0.0250. The number of hydrogen-bond acceptors (Lipinski definition) is 8. The molecule has 1 heterocycles. The first-order valence-corrected chi connectivity index (χ1v) is 14.2. The fraction of sp³-hybridized carbons (Fsp3) is 0.767. The number of rotatable bonds is 14. The summed E-state index contributed by atoms with van der Waals surface area (Å²) in [5, 5.41) is 2.67. The van der Waals surface area contributed by atoms with Crippen LogP contribution in [0.1, 0.15) is 88.0 Å². The number of carbonyl (C=O) groups excluding carboxylic acids is 5. The number of ether oxygens (including phenoxy) is 3. The van der Waals surface area contributed by atoms with Gasteiger partial charge in [-0.25, -0.2) is 4.79 Å². The Kier molecular flexibility index (Phi) is 13.5. The normalized spacial score (nSPS) is 19.1. The molecule has 0 radical (unpaired) electrons. The van der Waals surface area contributed by atoms with Gasteiger partial charge in [0.25, 0.3) is 5.78 Å². The average Bonchev–Trinajstić information content (AvgIpc) is 3.24. The number of nitrogens with zero attached hydrogens (tertiary/aromatic N) is 1. The summed E-state index contributed by atoms with van der Waals surface area (Å²) >= 11 is 0. The molecule has 0 aromatic heterocycles. The number of esters is 2. The van der Waals surface area contributed by atoms with Gasteiger partial charge in [0.05, 0.1) is 43.3 Å². The van der Waals surface area contributed by atoms with Gasteiger partial charge in [0.15, 0.2) is 0 Å². The van der Waals surface area contributed by atoms with E-state index in [0.717, 1.165) is 0 Å². The van der Waals surface area contributed by atoms with Crippen LogP contribution in [0.3, 0.4) is 0 Å². The van der Waals surface area contributed by atoms with Gasteiger partial charge in [0.1, 0.15) is 6.04 Å². The first kappa shape index (κ1) is 35.3. The Morgan fingerprint density at radius 1 is 1.05 bits per heavy atom. The maximum Gasteiger partial charge on any atom is 0.376 e. The van der Waals surface area contributed by atoms with Crippen molar-refractivity contribution in [3.05, 3.63) is 12.7 Å². The molecule has 1 saturated heterocycles. The van der Waals surface area contributed by atoms with E-state index in [9.17, 15) is 24.0 Å². The van der Waals surface area contributed by atoms with E-state index in [0.29, 0.717) is 6.42 Å². The highest BCUT2D eigenvalue weighted by molar-refractivity contribution is 6.36. The lowest BCUT2D eigenvalue weighted by Crippen LogP contribution is -2.54. The fourth-order valence-electron chi connectivity index (χ4n) is 4.49. The second kappa shape index (κ2) is 15.3. The van der Waals surface area contributed by atoms with Crippen LogP contribution >= 0.6 is 0 Å². The third-order valence-electron chi connectivity index (χ3n) is 6.43. The molecule has 0 bridgehead atoms. The van der Waals surface area contributed by atoms with Gasteiger partial charge in [-0.15, -0.1) is 6.58 Å². The smallest absolute Gasteiger partial charge is 0.376 e. The number of nitrogens with one attached hydrogen (secondary N) is 1. The Bertz CT molecular complexity index is 916. The lowest BCUT2D eigenvalue weighted by atomic mass is 9.77. The summed E-state index contributed by atoms with van der Waals surface area (Å²) in [5.74, 6) is -3.92. The minimum atomic E-state index is -1.13. The molecule has 1 rings (SSSR count). The molecule has 2 amide bonds. The van der Waals surface area contributed by atoms with Crippen molar-refractivity contribution in [2.24, 2.45) is 17.3 Å². The quantitative estimate of drug-likeness (QED) is 0.192. The Morgan fingerprint density at radius 2 is 1.68 bits per heavy atom. The van der Waals surface area contributed by atoms with Crippen molar-refractivity contribution >= 4 is 29.5 Å². The summed E-state index contributed by atoms with van der Waals surface area (Å²) in [6.07, 6.45) is 1.74. The van der Waals surface area contributed by atoms with Crippen molar-refractivity contribution < 1.29 is 38.2 Å². The number of likely N-dealkylation sites (tertiary alicyclic amines) is 1. The van der Waals surface area contributed by atoms with E-state index < -0.39 is 58.8 Å². The molecule has 1 aliphatic rings. The molecule has 1 aliphatic heterocycles. The Labute approximate surface area is 239 Å². The second-order valence-electron chi connectivity index (χ2n) is 12.8. The zero-order valence-electron chi connectivity index (χ0n) is 25.8. The molecule has 4 atom stereocenters. The van der Waals surface area contributed by atoms with Crippen LogP contribution in [0.2, 0.25) is 0 Å². The van der Waals surface area contributed by atoms with Gasteiger partial charge >= 0.3 is 11.9 Å². The predicted octanol–water partition coefficient (Wildman–Crippen LogP) is 3.61. The maximum absolute atomic E-state index is 14.0. The van der Waals surface area contributed by atoms with Crippen LogP contribution in [0.4, 0.5) is 0 Å². The van der Waals surface area contributed by atoms with E-state index in [1.807, 2.05) is 55.4 Å². The molecule has 0 saturated carbocycles. The maximum atomic E-state index is 14.0. The molecular formula is C30H50N2O8. The molecule has 0 aromatic carbocycles. The van der Waals surface area contributed by atoms with E-state index in [1.54, 1.807) is 13.0 Å². The van der Waals surface area contributed by atoms with Crippen LogP contribution in [-0.4, -0.2) is 78.0 Å². The number of hydrogen-bond donors (Lipinski definition) is 1. The molecule has 40 heavy (non-hydrogen) atoms. The highest BCUT2D eigenvalue weighted by atomic mass is 16.5. The average molecular weight is 567 g/mol. The standard InChI is InChI=1S/C30H50N2O8/c1-11-13-14-22(25(34)28(37)38-12-2)31-26(35)23-15-20(40-30(8,9)10)17-32(23)27(36)21(29(5,6)7)16-24(33)39-18-19(3)4/h11,19-23H,1,12-18H2,2-10H3,(H,31,35)/t20-,21-,22?,23+/m1/s1. The number of ketones is 1. The molecule has 10 nitrogen and oxygen atoms in total. The molecular weight excluding hydrogens is 516 g/mol. The first-order valence-electron chi connectivity index (χ1n) is 14.2. The van der Waals surface area contributed by atoms with E-state index >= 15 is 0 Å². The summed E-state index contributed by atoms with van der Waals surface area (Å²) in [6.45, 7) is 20.8. The molecule has 10 heteroatoms. The summed E-state index contributed by atoms with van der Waals surface area (Å²) in [5.41, 5.74) is -1.13. The van der Waals surface area contributed by atoms with Crippen LogP contribution in [0.5, 0.6) is 0 Å². The molecule has 0 aliphatic carbocycles. The second-order valence-corrected chi connectivity index (χ2v) is 12.8. The van der Waals surface area contributed by atoms with E-state index in [1.165, 1.54) is 4.90 Å². The van der Waals surface area contributed by atoms with Crippen molar-refractivity contribution in [1.29, 1.82) is 0 Å². The Hall–Kier alpha value is -2.75. The van der Waals surface area contributed by atoms with Gasteiger partial charge in [0.2, 0.25) is 11.8 Å². The van der Waals surface area contributed by atoms with Crippen LogP contribution < -0.4 is 5.32 Å². The zero-order valence-corrected chi connectivity index (χ0v) is 25.8. The molecule has 0 spiro atoms. The number of Topliss-reactive ketones (excluding diaryl/α,β-unsaturated/α-hetero) is 1. The van der Waals surface area contributed by atoms with Crippen LogP contribution in [0.15, 0.2) is 12.7 Å². The van der Waals surface area contributed by atoms with Crippen molar-refractivity contribution in [2.75, 3.05) is 19.8 Å². The van der Waals surface area contributed by atoms with E-state index in [-0.39, 0.29) is 50.8 Å². The molecule has 1 N–H and O–H groups in total. The predicted molar refractivity (Wildman–Crippen MR) is 151 cm³/mol. The summed E-state index contributed by atoms with van der Waals surface area (Å²) in [4.78, 5) is 66.6. The fourth-order valence-corrected chi connectivity index (χ4v) is 4.49. The van der Waals surface area contributed by atoms with E-state index in [4.69, 9.17) is 14.2 Å². The third kappa shape index (κ3) is 11.4. The lowest BCUT2D eigenvalue weighted by molar-refractivity contribution is -0.155. The van der Waals surface area contributed by atoms with Gasteiger partial charge in [-0.05, 0) is 51.9 Å². The van der Waals surface area contributed by atoms with Gasteiger partial charge in [-0.2, -0.15) is 0 Å². The summed E-state index contributed by atoms with van der Waals surface area (Å²) in [6, 6.07) is -2.09. The third-order valence-corrected chi connectivity index (χ3v) is 6.43. The lowest BCUT2D eigenvalue weighted by Gasteiger charge is -2.35. The number of amides is 2. The van der Waals surface area contributed by atoms with Crippen molar-refractivity contribution in [3.8, 4) is 0 Å². The van der Waals surface area contributed by atoms with Crippen LogP contribution in [-0.2, 0) is 38.2 Å². The SMILES string of the molecule is C=CCCC(NC(=O)[C@@H]1C[C@@H](OC(C)(C)C)CN1C(=O)[C@@H](CC(=O)OCC(C)C)C(C)(C)C)C(=O)C(=O)OCC. The number of allylic oxidation sites excluding steroid dienone is 1. The van der Waals surface area contributed by atoms with Gasteiger partial charge in [-0.1, -0.05) is 40.7 Å².